The molecule has 1 amide bonds. The molecule has 3 fully saturated rings. The van der Waals surface area contributed by atoms with Crippen LogP contribution in [-0.4, -0.2) is 97.7 Å². The van der Waals surface area contributed by atoms with E-state index in [-0.39, 0.29) is 36.0 Å². The van der Waals surface area contributed by atoms with Crippen LogP contribution in [0.4, 0.5) is 0 Å². The van der Waals surface area contributed by atoms with Crippen molar-refractivity contribution in [2.75, 3.05) is 59.0 Å². The number of amides is 1. The summed E-state index contributed by atoms with van der Waals surface area (Å²) in [4.78, 5) is 24.3. The van der Waals surface area contributed by atoms with Gasteiger partial charge in [0, 0.05) is 45.4 Å². The molecule has 3 aliphatic rings. The Balaban J connectivity index is 0.00000300. The van der Waals surface area contributed by atoms with Crippen LogP contribution in [0.1, 0.15) is 46.5 Å². The minimum absolute atomic E-state index is 0. The third-order valence-electron chi connectivity index (χ3n) is 6.38. The Morgan fingerprint density at radius 1 is 1.10 bits per heavy atom. The fraction of sp³-hybridized carbons (Fsp3) is 0.905. The zero-order valence-electron chi connectivity index (χ0n) is 18.4. The quantitative estimate of drug-likeness (QED) is 0.341. The van der Waals surface area contributed by atoms with E-state index in [0.717, 1.165) is 70.6 Å². The van der Waals surface area contributed by atoms with E-state index in [4.69, 9.17) is 9.73 Å². The fourth-order valence-corrected chi connectivity index (χ4v) is 4.34. The number of nitrogens with one attached hydrogen (secondary N) is 1. The molecule has 0 aromatic heterocycles. The van der Waals surface area contributed by atoms with Gasteiger partial charge in [0.2, 0.25) is 0 Å². The van der Waals surface area contributed by atoms with Crippen molar-refractivity contribution in [3.63, 3.8) is 0 Å². The van der Waals surface area contributed by atoms with E-state index < -0.39 is 0 Å². The first kappa shape index (κ1) is 24.7. The van der Waals surface area contributed by atoms with Gasteiger partial charge in [-0.05, 0) is 58.5 Å². The van der Waals surface area contributed by atoms with E-state index in [1.54, 1.807) is 0 Å². The Morgan fingerprint density at radius 2 is 1.76 bits per heavy atom. The normalized spacial score (nSPS) is 25.6. The number of likely N-dealkylation sites (tertiary alicyclic amines) is 1. The van der Waals surface area contributed by atoms with Gasteiger partial charge in [-0.1, -0.05) is 6.92 Å². The molecule has 0 aromatic carbocycles. The van der Waals surface area contributed by atoms with Crippen molar-refractivity contribution in [3.05, 3.63) is 0 Å². The smallest absolute Gasteiger partial charge is 0.251 e. The second-order valence-corrected chi connectivity index (χ2v) is 8.58. The highest BCUT2D eigenvalue weighted by molar-refractivity contribution is 14.0. The van der Waals surface area contributed by atoms with Crippen LogP contribution in [0.15, 0.2) is 4.99 Å². The maximum atomic E-state index is 12.5. The van der Waals surface area contributed by atoms with Crippen molar-refractivity contribution in [1.29, 1.82) is 0 Å². The molecule has 2 atom stereocenters. The first-order chi connectivity index (χ1) is 13.6. The van der Waals surface area contributed by atoms with E-state index in [1.165, 1.54) is 25.9 Å². The average Bonchev–Trinajstić information content (AvgIpc) is 3.26. The van der Waals surface area contributed by atoms with Crippen LogP contribution in [0.5, 0.6) is 0 Å². The number of rotatable bonds is 5. The number of carbonyl (C=O) groups excluding carboxylic acids is 1. The number of carbonyl (C=O) groups is 1. The maximum absolute atomic E-state index is 12.5. The molecule has 1 N–H and O–H groups in total. The standard InChI is InChI=1S/C21H39N5O2.HI/c1-4-22-21(23-16-18(3)24-9-7-17(2)8-10-24)26-13-11-25(12-14-26)20(27)19-6-5-15-28-19;/h17-19H,4-16H2,1-3H3,(H,22,23);1H. The number of aliphatic imine (C=N–C) groups is 1. The minimum atomic E-state index is -0.207. The molecular formula is C21H40IN5O2. The van der Waals surface area contributed by atoms with E-state index in [2.05, 4.69) is 35.9 Å². The largest absolute Gasteiger partial charge is 0.368 e. The van der Waals surface area contributed by atoms with Gasteiger partial charge in [0.25, 0.3) is 5.91 Å². The van der Waals surface area contributed by atoms with Gasteiger partial charge in [0.15, 0.2) is 5.96 Å². The lowest BCUT2D eigenvalue weighted by Crippen LogP contribution is -2.55. The Bertz CT molecular complexity index is 525. The topological polar surface area (TPSA) is 60.4 Å². The third kappa shape index (κ3) is 6.95. The van der Waals surface area contributed by atoms with E-state index in [0.29, 0.717) is 6.04 Å². The Morgan fingerprint density at radius 3 is 2.34 bits per heavy atom. The summed E-state index contributed by atoms with van der Waals surface area (Å²) in [5, 5.41) is 3.45. The molecule has 29 heavy (non-hydrogen) atoms. The summed E-state index contributed by atoms with van der Waals surface area (Å²) in [6.45, 7) is 14.7. The number of hydrogen-bond acceptors (Lipinski definition) is 4. The lowest BCUT2D eigenvalue weighted by molar-refractivity contribution is -0.142. The molecule has 8 heteroatoms. The molecule has 3 aliphatic heterocycles. The van der Waals surface area contributed by atoms with Crippen molar-refractivity contribution < 1.29 is 9.53 Å². The molecule has 2 unspecified atom stereocenters. The molecule has 0 aromatic rings. The SMILES string of the molecule is CCNC(=NCC(C)N1CCC(C)CC1)N1CCN(C(=O)C2CCCO2)CC1.I. The lowest BCUT2D eigenvalue weighted by atomic mass is 9.98. The van der Waals surface area contributed by atoms with Crippen molar-refractivity contribution in [2.45, 2.75) is 58.6 Å². The third-order valence-corrected chi connectivity index (χ3v) is 6.38. The number of guanidine groups is 1. The van der Waals surface area contributed by atoms with Crippen LogP contribution in [-0.2, 0) is 9.53 Å². The second-order valence-electron chi connectivity index (χ2n) is 8.58. The van der Waals surface area contributed by atoms with Gasteiger partial charge in [-0.25, -0.2) is 0 Å². The Kier molecular flexibility index (Phi) is 10.5. The number of hydrogen-bond donors (Lipinski definition) is 1. The second kappa shape index (κ2) is 12.3. The maximum Gasteiger partial charge on any atom is 0.251 e. The van der Waals surface area contributed by atoms with Gasteiger partial charge in [-0.15, -0.1) is 24.0 Å². The van der Waals surface area contributed by atoms with Crippen LogP contribution in [0.2, 0.25) is 0 Å². The molecule has 0 radical (unpaired) electrons. The summed E-state index contributed by atoms with van der Waals surface area (Å²) in [5.41, 5.74) is 0. The number of piperidine rings is 1. The lowest BCUT2D eigenvalue weighted by Gasteiger charge is -2.38. The van der Waals surface area contributed by atoms with Gasteiger partial charge in [-0.3, -0.25) is 14.7 Å². The predicted octanol–water partition coefficient (Wildman–Crippen LogP) is 2.01. The van der Waals surface area contributed by atoms with E-state index in [9.17, 15) is 4.79 Å². The molecule has 0 spiro atoms. The van der Waals surface area contributed by atoms with E-state index >= 15 is 0 Å². The minimum Gasteiger partial charge on any atom is -0.368 e. The molecule has 168 valence electrons. The van der Waals surface area contributed by atoms with Crippen molar-refractivity contribution in [3.8, 4) is 0 Å². The molecule has 0 saturated carbocycles. The zero-order valence-corrected chi connectivity index (χ0v) is 20.8. The number of nitrogens with zero attached hydrogens (tertiary/aromatic N) is 4. The molecule has 0 bridgehead atoms. The Hall–Kier alpha value is -0.610. The highest BCUT2D eigenvalue weighted by Gasteiger charge is 2.31. The van der Waals surface area contributed by atoms with Gasteiger partial charge in [0.1, 0.15) is 6.10 Å². The first-order valence-corrected chi connectivity index (χ1v) is 11.3. The Labute approximate surface area is 193 Å². The van der Waals surface area contributed by atoms with Crippen molar-refractivity contribution >= 4 is 35.8 Å². The van der Waals surface area contributed by atoms with Gasteiger partial charge < -0.3 is 19.9 Å². The monoisotopic (exact) mass is 521 g/mol. The van der Waals surface area contributed by atoms with Crippen LogP contribution < -0.4 is 5.32 Å². The van der Waals surface area contributed by atoms with Gasteiger partial charge >= 0.3 is 0 Å². The molecule has 3 saturated heterocycles. The summed E-state index contributed by atoms with van der Waals surface area (Å²) >= 11 is 0. The predicted molar refractivity (Wildman–Crippen MR) is 128 cm³/mol. The van der Waals surface area contributed by atoms with Crippen LogP contribution in [0.25, 0.3) is 0 Å². The summed E-state index contributed by atoms with van der Waals surface area (Å²) in [5.74, 6) is 2.02. The molecule has 3 rings (SSSR count). The van der Waals surface area contributed by atoms with Crippen LogP contribution >= 0.6 is 24.0 Å². The summed E-state index contributed by atoms with van der Waals surface area (Å²) in [7, 11) is 0. The van der Waals surface area contributed by atoms with Crippen molar-refractivity contribution in [1.82, 2.24) is 20.0 Å². The fourth-order valence-electron chi connectivity index (χ4n) is 4.34. The summed E-state index contributed by atoms with van der Waals surface area (Å²) in [6, 6.07) is 0.475. The molecule has 0 aliphatic carbocycles. The zero-order chi connectivity index (χ0) is 19.9. The molecular weight excluding hydrogens is 481 g/mol. The number of piperazine rings is 1. The highest BCUT2D eigenvalue weighted by atomic mass is 127. The molecule has 7 nitrogen and oxygen atoms in total. The number of ether oxygens (including phenoxy) is 1. The van der Waals surface area contributed by atoms with Crippen LogP contribution in [0.3, 0.4) is 0 Å². The number of halogens is 1. The first-order valence-electron chi connectivity index (χ1n) is 11.3. The summed E-state index contributed by atoms with van der Waals surface area (Å²) in [6.07, 6.45) is 4.27. The van der Waals surface area contributed by atoms with Crippen molar-refractivity contribution in [2.24, 2.45) is 10.9 Å². The van der Waals surface area contributed by atoms with Crippen LogP contribution in [0, 0.1) is 5.92 Å². The van der Waals surface area contributed by atoms with Gasteiger partial charge in [0.05, 0.1) is 6.54 Å². The van der Waals surface area contributed by atoms with E-state index in [1.807, 2.05) is 4.90 Å². The average molecular weight is 521 g/mol. The van der Waals surface area contributed by atoms with Gasteiger partial charge in [-0.2, -0.15) is 0 Å². The highest BCUT2D eigenvalue weighted by Crippen LogP contribution is 2.18. The summed E-state index contributed by atoms with van der Waals surface area (Å²) < 4.78 is 5.56. The molecule has 3 heterocycles.